The van der Waals surface area contributed by atoms with Gasteiger partial charge in [-0.05, 0) is 63.3 Å². The molecule has 0 saturated carbocycles. The van der Waals surface area contributed by atoms with Gasteiger partial charge in [-0.15, -0.1) is 0 Å². The number of hydrogen-bond acceptors (Lipinski definition) is 3. The van der Waals surface area contributed by atoms with Crippen LogP contribution in [0.1, 0.15) is 21.7 Å². The number of anilines is 1. The molecular weight excluding hydrogens is 348 g/mol. The number of fused-ring (bicyclic) bond motifs is 2. The Hall–Kier alpha value is -3.18. The fraction of sp³-hybridized carbons (Fsp3) is 0.217. The number of rotatable bonds is 5. The lowest BCUT2D eigenvalue weighted by Gasteiger charge is -2.10. The molecule has 4 rings (SSSR count). The van der Waals surface area contributed by atoms with Crippen LogP contribution in [-0.4, -0.2) is 41.4 Å². The highest BCUT2D eigenvalue weighted by Crippen LogP contribution is 2.26. The second-order valence-corrected chi connectivity index (χ2v) is 7.39. The number of hydrogen-bond donors (Lipinski definition) is 2. The van der Waals surface area contributed by atoms with E-state index in [1.54, 1.807) is 6.07 Å². The van der Waals surface area contributed by atoms with Crippen molar-refractivity contribution in [3.05, 3.63) is 71.5 Å². The van der Waals surface area contributed by atoms with Crippen LogP contribution in [0.3, 0.4) is 0 Å². The zero-order chi connectivity index (χ0) is 19.7. The number of carbonyl (C=O) groups excluding carboxylic acids is 1. The van der Waals surface area contributed by atoms with Crippen LogP contribution < -0.4 is 5.32 Å². The maximum atomic E-state index is 12.7. The first kappa shape index (κ1) is 18.2. The molecule has 0 bridgehead atoms. The van der Waals surface area contributed by atoms with Crippen molar-refractivity contribution in [2.24, 2.45) is 0 Å². The lowest BCUT2D eigenvalue weighted by molar-refractivity contribution is 0.102. The summed E-state index contributed by atoms with van der Waals surface area (Å²) < 4.78 is 0. The number of aryl methyl sites for hydroxylation is 1. The number of carbonyl (C=O) groups is 1. The van der Waals surface area contributed by atoms with E-state index in [2.05, 4.69) is 41.2 Å². The minimum absolute atomic E-state index is 0.202. The molecule has 4 aromatic rings. The summed E-state index contributed by atoms with van der Waals surface area (Å²) in [6.07, 6.45) is 0.961. The first-order valence-corrected chi connectivity index (χ1v) is 9.44. The normalized spacial score (nSPS) is 11.4. The maximum absolute atomic E-state index is 12.7. The summed E-state index contributed by atoms with van der Waals surface area (Å²) in [5.74, 6) is -0.202. The minimum atomic E-state index is -0.202. The summed E-state index contributed by atoms with van der Waals surface area (Å²) in [6.45, 7) is 3.08. The van der Waals surface area contributed by atoms with Crippen molar-refractivity contribution in [3.8, 4) is 0 Å². The molecule has 0 saturated heterocycles. The van der Waals surface area contributed by atoms with Crippen LogP contribution in [0.5, 0.6) is 0 Å². The average Bonchev–Trinajstić information content (AvgIpc) is 3.00. The van der Waals surface area contributed by atoms with Gasteiger partial charge in [-0.25, -0.2) is 4.98 Å². The zero-order valence-electron chi connectivity index (χ0n) is 16.4. The van der Waals surface area contributed by atoms with Crippen LogP contribution in [0.2, 0.25) is 0 Å². The van der Waals surface area contributed by atoms with Gasteiger partial charge in [0.05, 0.1) is 5.52 Å². The first-order chi connectivity index (χ1) is 13.5. The third-order valence-corrected chi connectivity index (χ3v) is 5.02. The van der Waals surface area contributed by atoms with Gasteiger partial charge in [0.2, 0.25) is 0 Å². The summed E-state index contributed by atoms with van der Waals surface area (Å²) >= 11 is 0. The van der Waals surface area contributed by atoms with Gasteiger partial charge in [0.15, 0.2) is 0 Å². The summed E-state index contributed by atoms with van der Waals surface area (Å²) in [7, 11) is 4.15. The van der Waals surface area contributed by atoms with E-state index in [1.807, 2.05) is 48.5 Å². The van der Waals surface area contributed by atoms with Crippen molar-refractivity contribution in [2.45, 2.75) is 13.3 Å². The second kappa shape index (κ2) is 7.44. The lowest BCUT2D eigenvalue weighted by Crippen LogP contribution is -2.15. The summed E-state index contributed by atoms with van der Waals surface area (Å²) in [4.78, 5) is 22.8. The predicted molar refractivity (Wildman–Crippen MR) is 115 cm³/mol. The molecular formula is C23H24N4O. The molecule has 1 amide bonds. The van der Waals surface area contributed by atoms with E-state index in [0.29, 0.717) is 5.69 Å². The fourth-order valence-electron chi connectivity index (χ4n) is 3.51. The number of aromatic amines is 1. The largest absolute Gasteiger partial charge is 0.358 e. The Morgan fingerprint density at radius 1 is 1.11 bits per heavy atom. The maximum Gasteiger partial charge on any atom is 0.274 e. The molecule has 28 heavy (non-hydrogen) atoms. The molecule has 0 aliphatic heterocycles. The Morgan fingerprint density at radius 3 is 2.75 bits per heavy atom. The number of para-hydroxylation sites is 1. The van der Waals surface area contributed by atoms with Crippen LogP contribution in [0, 0.1) is 6.92 Å². The average molecular weight is 372 g/mol. The van der Waals surface area contributed by atoms with Crippen LogP contribution in [0.4, 0.5) is 5.69 Å². The molecule has 0 aliphatic carbocycles. The van der Waals surface area contributed by atoms with E-state index in [-0.39, 0.29) is 5.91 Å². The quantitative estimate of drug-likeness (QED) is 0.546. The molecule has 0 aliphatic rings. The van der Waals surface area contributed by atoms with Crippen molar-refractivity contribution < 1.29 is 4.79 Å². The molecule has 2 heterocycles. The Bertz CT molecular complexity index is 1160. The van der Waals surface area contributed by atoms with Crippen LogP contribution in [-0.2, 0) is 6.42 Å². The molecule has 2 aromatic carbocycles. The molecule has 2 aromatic heterocycles. The lowest BCUT2D eigenvalue weighted by atomic mass is 10.1. The van der Waals surface area contributed by atoms with Gasteiger partial charge in [-0.2, -0.15) is 0 Å². The smallest absolute Gasteiger partial charge is 0.274 e. The summed E-state index contributed by atoms with van der Waals surface area (Å²) in [5, 5.41) is 5.17. The Kier molecular flexibility index (Phi) is 4.84. The summed E-state index contributed by atoms with van der Waals surface area (Å²) in [6, 6.07) is 17.5. The molecule has 2 N–H and O–H groups in total. The monoisotopic (exact) mass is 372 g/mol. The SMILES string of the molecule is Cc1[nH]c2ccc(NC(=O)c3ccc4ccccc4n3)cc2c1CCN(C)C. The van der Waals surface area contributed by atoms with Gasteiger partial charge < -0.3 is 15.2 Å². The molecule has 0 atom stereocenters. The third kappa shape index (κ3) is 3.62. The van der Waals surface area contributed by atoms with Gasteiger partial charge in [-0.1, -0.05) is 24.3 Å². The number of H-pyrrole nitrogens is 1. The van der Waals surface area contributed by atoms with Crippen molar-refractivity contribution in [3.63, 3.8) is 0 Å². The highest BCUT2D eigenvalue weighted by Gasteiger charge is 2.12. The van der Waals surface area contributed by atoms with Crippen molar-refractivity contribution in [1.29, 1.82) is 0 Å². The van der Waals surface area contributed by atoms with Gasteiger partial charge in [0, 0.05) is 34.2 Å². The first-order valence-electron chi connectivity index (χ1n) is 9.44. The summed E-state index contributed by atoms with van der Waals surface area (Å²) in [5.41, 5.74) is 5.57. The number of likely N-dealkylation sites (N-methyl/N-ethyl adjacent to an activating group) is 1. The number of nitrogens with zero attached hydrogens (tertiary/aromatic N) is 2. The topological polar surface area (TPSA) is 61.0 Å². The fourth-order valence-corrected chi connectivity index (χ4v) is 3.51. The molecule has 5 nitrogen and oxygen atoms in total. The number of amides is 1. The van der Waals surface area contributed by atoms with Crippen LogP contribution in [0.15, 0.2) is 54.6 Å². The highest BCUT2D eigenvalue weighted by atomic mass is 16.1. The van der Waals surface area contributed by atoms with Gasteiger partial charge in [0.25, 0.3) is 5.91 Å². The van der Waals surface area contributed by atoms with E-state index >= 15 is 0 Å². The Morgan fingerprint density at radius 2 is 1.93 bits per heavy atom. The number of benzene rings is 2. The number of pyridine rings is 1. The van der Waals surface area contributed by atoms with Gasteiger partial charge in [-0.3, -0.25) is 4.79 Å². The second-order valence-electron chi connectivity index (χ2n) is 7.39. The standard InChI is InChI=1S/C23H24N4O/c1-15-18(12-13-27(2)3)19-14-17(9-11-21(19)24-15)25-23(28)22-10-8-16-6-4-5-7-20(16)26-22/h4-11,14,24H,12-13H2,1-3H3,(H,25,28). The number of aromatic nitrogens is 2. The molecule has 142 valence electrons. The van der Waals surface area contributed by atoms with E-state index < -0.39 is 0 Å². The number of nitrogens with one attached hydrogen (secondary N) is 2. The predicted octanol–water partition coefficient (Wildman–Crippen LogP) is 4.38. The molecule has 0 fully saturated rings. The molecule has 0 spiro atoms. The highest BCUT2D eigenvalue weighted by molar-refractivity contribution is 6.05. The van der Waals surface area contributed by atoms with E-state index in [1.165, 1.54) is 11.3 Å². The van der Waals surface area contributed by atoms with Crippen molar-refractivity contribution in [1.82, 2.24) is 14.9 Å². The van der Waals surface area contributed by atoms with E-state index in [0.717, 1.165) is 40.5 Å². The van der Waals surface area contributed by atoms with E-state index in [4.69, 9.17) is 0 Å². The van der Waals surface area contributed by atoms with Crippen molar-refractivity contribution >= 4 is 33.4 Å². The molecule has 0 radical (unpaired) electrons. The van der Waals surface area contributed by atoms with Crippen LogP contribution in [0.25, 0.3) is 21.8 Å². The van der Waals surface area contributed by atoms with Gasteiger partial charge >= 0.3 is 0 Å². The van der Waals surface area contributed by atoms with E-state index in [9.17, 15) is 4.79 Å². The Balaban J connectivity index is 1.61. The van der Waals surface area contributed by atoms with Gasteiger partial charge in [0.1, 0.15) is 5.69 Å². The Labute approximate surface area is 164 Å². The minimum Gasteiger partial charge on any atom is -0.358 e. The molecule has 0 unspecified atom stereocenters. The third-order valence-electron chi connectivity index (χ3n) is 5.02. The van der Waals surface area contributed by atoms with Crippen molar-refractivity contribution in [2.75, 3.05) is 26.0 Å². The molecule has 5 heteroatoms. The zero-order valence-corrected chi connectivity index (χ0v) is 16.4. The van der Waals surface area contributed by atoms with Crippen LogP contribution >= 0.6 is 0 Å².